The minimum Gasteiger partial charge on any atom is -0.487 e. The van der Waals surface area contributed by atoms with E-state index >= 15 is 0 Å². The number of para-hydroxylation sites is 1. The number of benzene rings is 1. The maximum absolute atomic E-state index is 6.04. The van der Waals surface area contributed by atoms with Crippen LogP contribution in [0.3, 0.4) is 0 Å². The zero-order valence-electron chi connectivity index (χ0n) is 12.6. The van der Waals surface area contributed by atoms with Crippen molar-refractivity contribution in [3.63, 3.8) is 0 Å². The fourth-order valence-corrected chi connectivity index (χ4v) is 2.34. The Kier molecular flexibility index (Phi) is 5.36. The largest absolute Gasteiger partial charge is 0.487 e. The van der Waals surface area contributed by atoms with Gasteiger partial charge in [-0.2, -0.15) is 0 Å². The topological polar surface area (TPSA) is 34.1 Å². The molecule has 0 aliphatic carbocycles. The number of pyridine rings is 1. The molecule has 0 radical (unpaired) electrons. The Morgan fingerprint density at radius 2 is 1.90 bits per heavy atom. The van der Waals surface area contributed by atoms with Gasteiger partial charge in [0.25, 0.3) is 0 Å². The lowest BCUT2D eigenvalue weighted by Gasteiger charge is -2.20. The maximum atomic E-state index is 6.04. The van der Waals surface area contributed by atoms with Crippen molar-refractivity contribution in [3.8, 4) is 5.75 Å². The Morgan fingerprint density at radius 3 is 2.65 bits per heavy atom. The number of nitrogens with one attached hydrogen (secondary N) is 1. The van der Waals surface area contributed by atoms with E-state index < -0.39 is 0 Å². The van der Waals surface area contributed by atoms with Crippen LogP contribution in [0.2, 0.25) is 0 Å². The van der Waals surface area contributed by atoms with Gasteiger partial charge in [-0.1, -0.05) is 32.0 Å². The molecule has 108 valence electrons. The van der Waals surface area contributed by atoms with Crippen LogP contribution in [0, 0.1) is 0 Å². The van der Waals surface area contributed by atoms with Crippen LogP contribution < -0.4 is 10.1 Å². The highest BCUT2D eigenvalue weighted by Gasteiger charge is 2.10. The molecule has 0 saturated heterocycles. The average Bonchev–Trinajstić information content (AvgIpc) is 2.49. The number of ether oxygens (including phenoxy) is 1. The van der Waals surface area contributed by atoms with Crippen molar-refractivity contribution in [2.24, 2.45) is 0 Å². The summed E-state index contributed by atoms with van der Waals surface area (Å²) in [6.45, 7) is 7.37. The van der Waals surface area contributed by atoms with Crippen LogP contribution in [0.4, 0.5) is 0 Å². The molecule has 1 atom stereocenters. The summed E-state index contributed by atoms with van der Waals surface area (Å²) in [6.07, 6.45) is 4.24. The number of hydrogen-bond donors (Lipinski definition) is 1. The van der Waals surface area contributed by atoms with Gasteiger partial charge < -0.3 is 10.1 Å². The van der Waals surface area contributed by atoms with Gasteiger partial charge in [0.1, 0.15) is 17.4 Å². The second-order valence-corrected chi connectivity index (χ2v) is 5.18. The SMILES string of the molecule is CCC(CC)NCC(C)Oc1cccc2cccnc12. The smallest absolute Gasteiger partial charge is 0.145 e. The summed E-state index contributed by atoms with van der Waals surface area (Å²) in [5.41, 5.74) is 0.935. The van der Waals surface area contributed by atoms with Gasteiger partial charge in [0.2, 0.25) is 0 Å². The summed E-state index contributed by atoms with van der Waals surface area (Å²) in [5.74, 6) is 0.863. The number of fused-ring (bicyclic) bond motifs is 1. The van der Waals surface area contributed by atoms with Gasteiger partial charge >= 0.3 is 0 Å². The van der Waals surface area contributed by atoms with Gasteiger partial charge in [0.15, 0.2) is 0 Å². The van der Waals surface area contributed by atoms with E-state index in [2.05, 4.69) is 43.2 Å². The molecule has 0 fully saturated rings. The summed E-state index contributed by atoms with van der Waals surface area (Å²) in [5, 5.41) is 4.66. The first kappa shape index (κ1) is 14.8. The fraction of sp³-hybridized carbons (Fsp3) is 0.471. The van der Waals surface area contributed by atoms with E-state index in [1.807, 2.05) is 24.4 Å². The Morgan fingerprint density at radius 1 is 1.15 bits per heavy atom. The highest BCUT2D eigenvalue weighted by Crippen LogP contribution is 2.23. The van der Waals surface area contributed by atoms with E-state index in [0.717, 1.165) is 36.0 Å². The summed E-state index contributed by atoms with van der Waals surface area (Å²) in [6, 6.07) is 10.6. The van der Waals surface area contributed by atoms with Crippen molar-refractivity contribution in [2.75, 3.05) is 6.54 Å². The third-order valence-corrected chi connectivity index (χ3v) is 3.60. The van der Waals surface area contributed by atoms with E-state index in [0.29, 0.717) is 6.04 Å². The third kappa shape index (κ3) is 3.70. The minimum absolute atomic E-state index is 0.128. The number of nitrogens with zero attached hydrogens (tertiary/aromatic N) is 1. The highest BCUT2D eigenvalue weighted by atomic mass is 16.5. The number of hydrogen-bond acceptors (Lipinski definition) is 3. The van der Waals surface area contributed by atoms with Gasteiger partial charge in [0.05, 0.1) is 0 Å². The van der Waals surface area contributed by atoms with Crippen LogP contribution in [0.25, 0.3) is 10.9 Å². The molecule has 3 nitrogen and oxygen atoms in total. The van der Waals surface area contributed by atoms with Crippen molar-refractivity contribution >= 4 is 10.9 Å². The highest BCUT2D eigenvalue weighted by molar-refractivity contribution is 5.84. The summed E-state index contributed by atoms with van der Waals surface area (Å²) >= 11 is 0. The van der Waals surface area contributed by atoms with E-state index in [1.165, 1.54) is 0 Å². The Balaban J connectivity index is 2.01. The lowest BCUT2D eigenvalue weighted by molar-refractivity contribution is 0.212. The monoisotopic (exact) mass is 272 g/mol. The molecule has 1 aromatic carbocycles. The quantitative estimate of drug-likeness (QED) is 0.833. The first-order chi connectivity index (χ1) is 9.74. The summed E-state index contributed by atoms with van der Waals surface area (Å²) in [4.78, 5) is 4.42. The van der Waals surface area contributed by atoms with Gasteiger partial charge in [0, 0.05) is 24.2 Å². The fourth-order valence-electron chi connectivity index (χ4n) is 2.34. The van der Waals surface area contributed by atoms with Crippen molar-refractivity contribution in [2.45, 2.75) is 45.8 Å². The molecule has 20 heavy (non-hydrogen) atoms. The van der Waals surface area contributed by atoms with E-state index in [4.69, 9.17) is 4.74 Å². The zero-order valence-corrected chi connectivity index (χ0v) is 12.6. The van der Waals surface area contributed by atoms with Crippen LogP contribution >= 0.6 is 0 Å². The first-order valence-corrected chi connectivity index (χ1v) is 7.48. The van der Waals surface area contributed by atoms with Crippen LogP contribution in [0.1, 0.15) is 33.6 Å². The molecule has 0 bridgehead atoms. The van der Waals surface area contributed by atoms with Gasteiger partial charge in [-0.25, -0.2) is 0 Å². The van der Waals surface area contributed by atoms with E-state index in [9.17, 15) is 0 Å². The average molecular weight is 272 g/mol. The molecule has 0 aliphatic heterocycles. The molecule has 1 aromatic heterocycles. The zero-order chi connectivity index (χ0) is 14.4. The molecule has 0 spiro atoms. The predicted octanol–water partition coefficient (Wildman–Crippen LogP) is 3.78. The standard InChI is InChI=1S/C17H24N2O/c1-4-15(5-2)19-12-13(3)20-16-10-6-8-14-9-7-11-18-17(14)16/h6-11,13,15,19H,4-5,12H2,1-3H3. The van der Waals surface area contributed by atoms with Crippen LogP contribution in [0.5, 0.6) is 5.75 Å². The molecular weight excluding hydrogens is 248 g/mol. The van der Waals surface area contributed by atoms with Crippen molar-refractivity contribution in [3.05, 3.63) is 36.5 Å². The Hall–Kier alpha value is -1.61. The van der Waals surface area contributed by atoms with Crippen molar-refractivity contribution < 1.29 is 4.74 Å². The molecule has 0 aliphatic rings. The lowest BCUT2D eigenvalue weighted by atomic mass is 10.1. The normalized spacial score (nSPS) is 12.8. The van der Waals surface area contributed by atoms with E-state index in [1.54, 1.807) is 0 Å². The number of rotatable bonds is 7. The lowest BCUT2D eigenvalue weighted by Crippen LogP contribution is -2.36. The first-order valence-electron chi connectivity index (χ1n) is 7.48. The molecule has 1 heterocycles. The maximum Gasteiger partial charge on any atom is 0.145 e. The van der Waals surface area contributed by atoms with Gasteiger partial charge in [-0.3, -0.25) is 4.98 Å². The minimum atomic E-state index is 0.128. The van der Waals surface area contributed by atoms with Gasteiger partial charge in [-0.15, -0.1) is 0 Å². The molecule has 2 rings (SSSR count). The van der Waals surface area contributed by atoms with Crippen LogP contribution in [-0.2, 0) is 0 Å². The predicted molar refractivity (Wildman–Crippen MR) is 84.2 cm³/mol. The molecule has 0 saturated carbocycles. The molecular formula is C17H24N2O. The second-order valence-electron chi connectivity index (χ2n) is 5.18. The van der Waals surface area contributed by atoms with E-state index in [-0.39, 0.29) is 6.10 Å². The van der Waals surface area contributed by atoms with Crippen molar-refractivity contribution in [1.82, 2.24) is 10.3 Å². The Labute approximate surface area is 121 Å². The summed E-state index contributed by atoms with van der Waals surface area (Å²) in [7, 11) is 0. The van der Waals surface area contributed by atoms with Crippen LogP contribution in [0.15, 0.2) is 36.5 Å². The Bertz CT molecular complexity index is 532. The van der Waals surface area contributed by atoms with Gasteiger partial charge in [-0.05, 0) is 31.9 Å². The third-order valence-electron chi connectivity index (χ3n) is 3.60. The molecule has 1 N–H and O–H groups in total. The number of aromatic nitrogens is 1. The molecule has 2 aromatic rings. The molecule has 3 heteroatoms. The van der Waals surface area contributed by atoms with Crippen LogP contribution in [-0.4, -0.2) is 23.7 Å². The summed E-state index contributed by atoms with van der Waals surface area (Å²) < 4.78 is 6.04. The second kappa shape index (κ2) is 7.25. The van der Waals surface area contributed by atoms with Crippen molar-refractivity contribution in [1.29, 1.82) is 0 Å². The molecule has 1 unspecified atom stereocenters. The molecule has 0 amide bonds.